The van der Waals surface area contributed by atoms with Gasteiger partial charge in [-0.2, -0.15) is 5.10 Å². The number of hydrogen-bond donors (Lipinski definition) is 1. The zero-order chi connectivity index (χ0) is 12.8. The molecule has 0 saturated carbocycles. The van der Waals surface area contributed by atoms with Gasteiger partial charge in [-0.1, -0.05) is 24.3 Å². The Hall–Kier alpha value is -1.65. The van der Waals surface area contributed by atoms with E-state index in [9.17, 15) is 0 Å². The van der Waals surface area contributed by atoms with Crippen molar-refractivity contribution in [2.24, 2.45) is 7.05 Å². The summed E-state index contributed by atoms with van der Waals surface area (Å²) < 4.78 is 6.94. The van der Waals surface area contributed by atoms with Crippen LogP contribution >= 0.6 is 0 Å². The first-order valence-electron chi connectivity index (χ1n) is 6.04. The number of benzene rings is 1. The van der Waals surface area contributed by atoms with Crippen molar-refractivity contribution in [3.05, 3.63) is 53.3 Å². The molecular weight excluding hydrogens is 226 g/mol. The molecule has 0 atom stereocenters. The fraction of sp³-hybridized carbons (Fsp3) is 0.357. The van der Waals surface area contributed by atoms with Crippen molar-refractivity contribution < 1.29 is 4.74 Å². The second kappa shape index (κ2) is 6.33. The molecule has 96 valence electrons. The van der Waals surface area contributed by atoms with E-state index in [1.54, 1.807) is 7.11 Å². The number of methoxy groups -OCH3 is 1. The highest BCUT2D eigenvalue weighted by Crippen LogP contribution is 2.06. The van der Waals surface area contributed by atoms with Gasteiger partial charge in [-0.3, -0.25) is 4.68 Å². The van der Waals surface area contributed by atoms with Crippen molar-refractivity contribution in [3.63, 3.8) is 0 Å². The Kier molecular flexibility index (Phi) is 4.50. The number of nitrogens with zero attached hydrogens (tertiary/aromatic N) is 2. The molecule has 4 nitrogen and oxygen atoms in total. The lowest BCUT2D eigenvalue weighted by Gasteiger charge is -2.05. The van der Waals surface area contributed by atoms with Gasteiger partial charge in [-0.15, -0.1) is 0 Å². The van der Waals surface area contributed by atoms with Crippen LogP contribution in [0.1, 0.15) is 16.8 Å². The Bertz CT molecular complexity index is 493. The highest BCUT2D eigenvalue weighted by atomic mass is 16.5. The molecule has 0 unspecified atom stereocenters. The SMILES string of the molecule is COCc1cccc(CNCc2ccn(C)n2)c1. The minimum absolute atomic E-state index is 0.661. The summed E-state index contributed by atoms with van der Waals surface area (Å²) in [5, 5.41) is 7.71. The lowest BCUT2D eigenvalue weighted by Crippen LogP contribution is -2.13. The Balaban J connectivity index is 1.84. The third-order valence-electron chi connectivity index (χ3n) is 2.71. The molecule has 1 aromatic carbocycles. The molecule has 0 saturated heterocycles. The van der Waals surface area contributed by atoms with Gasteiger partial charge < -0.3 is 10.1 Å². The summed E-state index contributed by atoms with van der Waals surface area (Å²) in [6.07, 6.45) is 1.95. The van der Waals surface area contributed by atoms with Gasteiger partial charge in [-0.25, -0.2) is 0 Å². The van der Waals surface area contributed by atoms with Gasteiger partial charge in [0, 0.05) is 33.4 Å². The normalized spacial score (nSPS) is 10.8. The third-order valence-corrected chi connectivity index (χ3v) is 2.71. The van der Waals surface area contributed by atoms with Crippen LogP contribution in [0.15, 0.2) is 36.5 Å². The predicted molar refractivity (Wildman–Crippen MR) is 70.9 cm³/mol. The van der Waals surface area contributed by atoms with Gasteiger partial charge >= 0.3 is 0 Å². The fourth-order valence-electron chi connectivity index (χ4n) is 1.89. The summed E-state index contributed by atoms with van der Waals surface area (Å²) in [7, 11) is 3.64. The van der Waals surface area contributed by atoms with E-state index in [0.717, 1.165) is 18.8 Å². The largest absolute Gasteiger partial charge is 0.380 e. The summed E-state index contributed by atoms with van der Waals surface area (Å²) in [6, 6.07) is 10.4. The zero-order valence-corrected chi connectivity index (χ0v) is 10.9. The Morgan fingerprint density at radius 1 is 1.22 bits per heavy atom. The van der Waals surface area contributed by atoms with Crippen LogP contribution in [0.3, 0.4) is 0 Å². The predicted octanol–water partition coefficient (Wildman–Crippen LogP) is 1.86. The van der Waals surface area contributed by atoms with Crippen LogP contribution in [0.5, 0.6) is 0 Å². The maximum absolute atomic E-state index is 5.13. The van der Waals surface area contributed by atoms with Crippen LogP contribution in [0, 0.1) is 0 Å². The third kappa shape index (κ3) is 3.68. The Morgan fingerprint density at radius 2 is 2.06 bits per heavy atom. The van der Waals surface area contributed by atoms with E-state index in [1.165, 1.54) is 11.1 Å². The van der Waals surface area contributed by atoms with Crippen molar-refractivity contribution in [2.75, 3.05) is 7.11 Å². The summed E-state index contributed by atoms with van der Waals surface area (Å²) >= 11 is 0. The summed E-state index contributed by atoms with van der Waals surface area (Å²) in [5.41, 5.74) is 3.53. The van der Waals surface area contributed by atoms with Gasteiger partial charge in [0.25, 0.3) is 0 Å². The van der Waals surface area contributed by atoms with Gasteiger partial charge in [0.2, 0.25) is 0 Å². The highest BCUT2D eigenvalue weighted by Gasteiger charge is 1.98. The summed E-state index contributed by atoms with van der Waals surface area (Å²) in [4.78, 5) is 0. The van der Waals surface area contributed by atoms with Crippen LogP contribution in [-0.2, 0) is 31.5 Å². The van der Waals surface area contributed by atoms with Crippen molar-refractivity contribution in [2.45, 2.75) is 19.7 Å². The van der Waals surface area contributed by atoms with Crippen molar-refractivity contribution >= 4 is 0 Å². The molecule has 2 aromatic rings. The number of aromatic nitrogens is 2. The fourth-order valence-corrected chi connectivity index (χ4v) is 1.89. The molecule has 0 aliphatic heterocycles. The van der Waals surface area contributed by atoms with E-state index in [1.807, 2.05) is 24.0 Å². The van der Waals surface area contributed by atoms with E-state index >= 15 is 0 Å². The molecule has 0 spiro atoms. The van der Waals surface area contributed by atoms with E-state index in [0.29, 0.717) is 6.61 Å². The highest BCUT2D eigenvalue weighted by molar-refractivity contribution is 5.22. The van der Waals surface area contributed by atoms with E-state index in [-0.39, 0.29) is 0 Å². The number of rotatable bonds is 6. The first-order valence-corrected chi connectivity index (χ1v) is 6.04. The second-order valence-electron chi connectivity index (χ2n) is 4.34. The smallest absolute Gasteiger partial charge is 0.0762 e. The van der Waals surface area contributed by atoms with Crippen molar-refractivity contribution in [3.8, 4) is 0 Å². The van der Waals surface area contributed by atoms with Gasteiger partial charge in [0.15, 0.2) is 0 Å². The summed E-state index contributed by atoms with van der Waals surface area (Å²) in [6.45, 7) is 2.29. The van der Waals surface area contributed by atoms with E-state index in [2.05, 4.69) is 34.7 Å². The van der Waals surface area contributed by atoms with E-state index < -0.39 is 0 Å². The minimum atomic E-state index is 0.661. The second-order valence-corrected chi connectivity index (χ2v) is 4.34. The number of aryl methyl sites for hydroxylation is 1. The maximum Gasteiger partial charge on any atom is 0.0762 e. The quantitative estimate of drug-likeness (QED) is 0.844. The van der Waals surface area contributed by atoms with Crippen LogP contribution in [0.2, 0.25) is 0 Å². The van der Waals surface area contributed by atoms with Crippen LogP contribution in [-0.4, -0.2) is 16.9 Å². The minimum Gasteiger partial charge on any atom is -0.380 e. The standard InChI is InChI=1S/C14H19N3O/c1-17-7-6-14(16-17)10-15-9-12-4-3-5-13(8-12)11-18-2/h3-8,15H,9-11H2,1-2H3. The van der Waals surface area contributed by atoms with Crippen molar-refractivity contribution in [1.82, 2.24) is 15.1 Å². The first kappa shape index (κ1) is 12.8. The lowest BCUT2D eigenvalue weighted by molar-refractivity contribution is 0.185. The molecule has 1 aromatic heterocycles. The molecule has 0 radical (unpaired) electrons. The average Bonchev–Trinajstić information content (AvgIpc) is 2.76. The molecule has 1 N–H and O–H groups in total. The Labute approximate surface area is 108 Å². The van der Waals surface area contributed by atoms with E-state index in [4.69, 9.17) is 4.74 Å². The van der Waals surface area contributed by atoms with Crippen LogP contribution in [0.4, 0.5) is 0 Å². The molecular formula is C14H19N3O. The molecule has 0 amide bonds. The van der Waals surface area contributed by atoms with Crippen molar-refractivity contribution in [1.29, 1.82) is 0 Å². The molecule has 0 aliphatic carbocycles. The number of nitrogens with one attached hydrogen (secondary N) is 1. The maximum atomic E-state index is 5.13. The van der Waals surface area contributed by atoms with Crippen LogP contribution in [0.25, 0.3) is 0 Å². The van der Waals surface area contributed by atoms with Gasteiger partial charge in [-0.05, 0) is 17.2 Å². The molecule has 0 aliphatic rings. The van der Waals surface area contributed by atoms with Gasteiger partial charge in [0.05, 0.1) is 12.3 Å². The number of ether oxygens (including phenoxy) is 1. The molecule has 0 bridgehead atoms. The monoisotopic (exact) mass is 245 g/mol. The topological polar surface area (TPSA) is 39.1 Å². The molecule has 1 heterocycles. The molecule has 4 heteroatoms. The number of hydrogen-bond acceptors (Lipinski definition) is 3. The lowest BCUT2D eigenvalue weighted by atomic mass is 10.1. The molecule has 18 heavy (non-hydrogen) atoms. The Morgan fingerprint density at radius 3 is 2.78 bits per heavy atom. The first-order chi connectivity index (χ1) is 8.78. The zero-order valence-electron chi connectivity index (χ0n) is 10.9. The van der Waals surface area contributed by atoms with Gasteiger partial charge in [0.1, 0.15) is 0 Å². The summed E-state index contributed by atoms with van der Waals surface area (Å²) in [5.74, 6) is 0. The molecule has 0 fully saturated rings. The average molecular weight is 245 g/mol. The molecule has 2 rings (SSSR count). The van der Waals surface area contributed by atoms with Crippen LogP contribution < -0.4 is 5.32 Å².